The van der Waals surface area contributed by atoms with Gasteiger partial charge in [0.15, 0.2) is 28.4 Å². The molecule has 3 amide bonds. The number of nitrogens with one attached hydrogen (secondary N) is 1. The summed E-state index contributed by atoms with van der Waals surface area (Å²) in [4.78, 5) is 76.2. The Morgan fingerprint density at radius 1 is 1.21 bits per heavy atom. The minimum absolute atomic E-state index is 0. The molecule has 6 heterocycles. The zero-order valence-electron chi connectivity index (χ0n) is 28.1. The van der Waals surface area contributed by atoms with Crippen LogP contribution in [0.4, 0.5) is 5.13 Å². The number of thiazole rings is 1. The molecule has 52 heavy (non-hydrogen) atoms. The summed E-state index contributed by atoms with van der Waals surface area (Å²) in [7, 11) is 0. The van der Waals surface area contributed by atoms with Crippen molar-refractivity contribution in [2.45, 2.75) is 49.7 Å². The Labute approximate surface area is 332 Å². The number of carboxylic acids is 2. The first-order valence-electron chi connectivity index (χ1n) is 16.0. The number of halogens is 1. The molecule has 0 radical (unpaired) electrons. The molecule has 21 heteroatoms. The zero-order valence-corrected chi connectivity index (χ0v) is 32.5. The molecule has 2 bridgehead atoms. The number of amides is 3. The number of quaternary nitrogens is 1. The summed E-state index contributed by atoms with van der Waals surface area (Å²) in [6.07, 6.45) is -0.195. The van der Waals surface area contributed by atoms with Gasteiger partial charge in [-0.2, -0.15) is 0 Å². The molecular formula is C31H33ClN7NaO10S2. The molecule has 272 valence electrons. The predicted molar refractivity (Wildman–Crippen MR) is 179 cm³/mol. The maximum atomic E-state index is 13.5. The molecule has 0 spiro atoms. The number of fused-ring (bicyclic) bond motifs is 5. The van der Waals surface area contributed by atoms with Gasteiger partial charge >= 0.3 is 29.6 Å². The Morgan fingerprint density at radius 2 is 1.92 bits per heavy atom. The monoisotopic (exact) mass is 785 g/mol. The SMILES string of the molecule is CC[C@H](O/N=C(\C(=O)N[C@@H]1C(=O)N2C(C(=O)[O-])=C(C[N+]34CCC(CC3)N(C(=O)c3ccc(O)c(O)c3Cl)CC4)CS[C@H]12)c1csc(N)n1)C(=O)[O-].[Na+]. The fourth-order valence-corrected chi connectivity index (χ4v) is 9.05. The van der Waals surface area contributed by atoms with Gasteiger partial charge in [-0.1, -0.05) is 23.7 Å². The number of β-lactam (4-membered cyclic amide) rings is 1. The van der Waals surface area contributed by atoms with Gasteiger partial charge in [-0.15, -0.1) is 23.1 Å². The number of anilines is 1. The molecule has 1 aromatic heterocycles. The van der Waals surface area contributed by atoms with E-state index in [-0.39, 0.29) is 80.8 Å². The van der Waals surface area contributed by atoms with Crippen molar-refractivity contribution in [2.75, 3.05) is 44.2 Å². The summed E-state index contributed by atoms with van der Waals surface area (Å²) in [6, 6.07) is 1.32. The number of oxime groups is 1. The topological polar surface area (TPSA) is 251 Å². The third-order valence-corrected chi connectivity index (χ3v) is 12.0. The van der Waals surface area contributed by atoms with Crippen LogP contribution in [0.5, 0.6) is 11.5 Å². The van der Waals surface area contributed by atoms with Crippen LogP contribution in [0.1, 0.15) is 42.2 Å². The maximum absolute atomic E-state index is 13.5. The number of aliphatic carboxylic acids is 2. The standard InChI is InChI=1S/C31H34ClN7O10S2.Na/c1-2-19(29(45)46)49-36-21(17-13-51-31(33)34-17)25(42)35-22-27(44)38-23(30(47)48)14(12-50-28(22)38)11-39-8-5-15(6-9-39)37(7-10-39)26(43)16-3-4-18(40)24(41)20(16)32;/h3-4,13,15,19,22,28H,2,5-12H2,1H3,(H6-,33,34,35,36,40,41,42,43,45,46,47,48);/q;+1/p-1/t15?,19-,22+,28+,39?;/m0./s1. The number of nitrogens with zero attached hydrogens (tertiary/aromatic N) is 5. The van der Waals surface area contributed by atoms with Gasteiger partial charge < -0.3 is 55.3 Å². The number of carbonyl (C=O) groups is 5. The van der Waals surface area contributed by atoms with Crippen molar-refractivity contribution in [1.29, 1.82) is 0 Å². The van der Waals surface area contributed by atoms with Gasteiger partial charge in [0.2, 0.25) is 0 Å². The molecule has 5 aliphatic rings. The average molecular weight is 786 g/mol. The molecule has 5 N–H and O–H groups in total. The molecule has 5 aliphatic heterocycles. The zero-order chi connectivity index (χ0) is 36.8. The van der Waals surface area contributed by atoms with E-state index in [2.05, 4.69) is 15.5 Å². The average Bonchev–Trinajstić information content (AvgIpc) is 3.35. The Balaban J connectivity index is 0.00000523. The van der Waals surface area contributed by atoms with Gasteiger partial charge in [-0.25, -0.2) is 4.98 Å². The first-order chi connectivity index (χ1) is 24.2. The van der Waals surface area contributed by atoms with E-state index in [9.17, 15) is 44.4 Å². The van der Waals surface area contributed by atoms with Crippen molar-refractivity contribution in [3.63, 3.8) is 0 Å². The molecule has 17 nitrogen and oxygen atoms in total. The summed E-state index contributed by atoms with van der Waals surface area (Å²) in [5, 5.41) is 50.5. The van der Waals surface area contributed by atoms with Crippen molar-refractivity contribution >= 4 is 75.2 Å². The van der Waals surface area contributed by atoms with Crippen molar-refractivity contribution in [3.05, 3.63) is 45.1 Å². The number of phenolic OH excluding ortho intramolecular Hbond substituents is 2. The van der Waals surface area contributed by atoms with Crippen molar-refractivity contribution in [2.24, 2.45) is 5.16 Å². The summed E-state index contributed by atoms with van der Waals surface area (Å²) in [5.41, 5.74) is 5.59. The van der Waals surface area contributed by atoms with Crippen LogP contribution in [0.3, 0.4) is 0 Å². The number of carbonyl (C=O) groups excluding carboxylic acids is 5. The van der Waals surface area contributed by atoms with Crippen molar-refractivity contribution < 1.29 is 83.3 Å². The Kier molecular flexibility index (Phi) is 12.0. The number of piperidine rings is 1. The number of aromatic nitrogens is 1. The number of thioether (sulfide) groups is 1. The van der Waals surface area contributed by atoms with Crippen LogP contribution in [0.25, 0.3) is 0 Å². The second kappa shape index (κ2) is 15.8. The van der Waals surface area contributed by atoms with Gasteiger partial charge in [0.1, 0.15) is 23.7 Å². The molecule has 1 aromatic carbocycles. The Bertz CT molecular complexity index is 1870. The first kappa shape index (κ1) is 39.6. The molecule has 7 rings (SSSR count). The molecular weight excluding hydrogens is 753 g/mol. The van der Waals surface area contributed by atoms with Gasteiger partial charge in [-0.3, -0.25) is 19.3 Å². The first-order valence-corrected chi connectivity index (χ1v) is 18.3. The fourth-order valence-electron chi connectivity index (χ4n) is 6.93. The Morgan fingerprint density at radius 3 is 2.54 bits per heavy atom. The second-order valence-corrected chi connectivity index (χ2v) is 15.0. The summed E-state index contributed by atoms with van der Waals surface area (Å²) in [5.74, 6) is -5.83. The van der Waals surface area contributed by atoms with E-state index >= 15 is 0 Å². The number of nitrogens with two attached hydrogens (primary N) is 1. The van der Waals surface area contributed by atoms with Crippen LogP contribution < -0.4 is 50.8 Å². The number of carboxylic acid groups (broad SMARTS) is 2. The number of phenols is 2. The third-order valence-electron chi connectivity index (χ3n) is 9.65. The van der Waals surface area contributed by atoms with Gasteiger partial charge in [0.25, 0.3) is 17.7 Å². The van der Waals surface area contributed by atoms with Gasteiger partial charge in [-0.05, 0) is 18.6 Å². The van der Waals surface area contributed by atoms with Crippen LogP contribution in [0.2, 0.25) is 5.02 Å². The predicted octanol–water partition coefficient (Wildman–Crippen LogP) is -4.42. The minimum Gasteiger partial charge on any atom is -0.546 e. The van der Waals surface area contributed by atoms with Crippen LogP contribution in [0, 0.1) is 0 Å². The van der Waals surface area contributed by atoms with Crippen LogP contribution in [-0.4, -0.2) is 127 Å². The van der Waals surface area contributed by atoms with E-state index in [0.29, 0.717) is 55.6 Å². The summed E-state index contributed by atoms with van der Waals surface area (Å²) >= 11 is 8.47. The van der Waals surface area contributed by atoms with Crippen LogP contribution in [-0.2, 0) is 24.0 Å². The molecule has 0 saturated carbocycles. The number of nitrogen functional groups attached to an aromatic ring is 1. The van der Waals surface area contributed by atoms with E-state index in [1.165, 1.54) is 36.2 Å². The van der Waals surface area contributed by atoms with E-state index in [1.807, 2.05) is 0 Å². The summed E-state index contributed by atoms with van der Waals surface area (Å²) < 4.78 is 0.482. The smallest absolute Gasteiger partial charge is 0.546 e. The number of hydrogen-bond donors (Lipinski definition) is 4. The molecule has 4 saturated heterocycles. The van der Waals surface area contributed by atoms with E-state index in [1.54, 1.807) is 4.90 Å². The number of aromatic hydroxyl groups is 2. The molecule has 0 unspecified atom stereocenters. The number of rotatable bonds is 11. The normalized spacial score (nSPS) is 24.6. The van der Waals surface area contributed by atoms with Gasteiger partial charge in [0, 0.05) is 35.6 Å². The van der Waals surface area contributed by atoms with Gasteiger partial charge in [0.05, 0.1) is 54.4 Å². The quantitative estimate of drug-likeness (QED) is 0.0420. The van der Waals surface area contributed by atoms with Crippen LogP contribution in [0.15, 0.2) is 33.9 Å². The third kappa shape index (κ3) is 7.44. The number of hydrogen-bond acceptors (Lipinski definition) is 15. The van der Waals surface area contributed by atoms with E-state index < -0.39 is 58.5 Å². The fraction of sp³-hybridized carbons (Fsp3) is 0.452. The second-order valence-electron chi connectivity index (χ2n) is 12.6. The molecule has 4 fully saturated rings. The minimum atomic E-state index is -1.54. The molecule has 0 aliphatic carbocycles. The molecule has 2 aromatic rings. The van der Waals surface area contributed by atoms with Crippen LogP contribution >= 0.6 is 34.7 Å². The molecule has 3 atom stereocenters. The van der Waals surface area contributed by atoms with E-state index in [0.717, 1.165) is 16.2 Å². The summed E-state index contributed by atoms with van der Waals surface area (Å²) in [6.45, 7) is 3.95. The maximum Gasteiger partial charge on any atom is 1.00 e. The van der Waals surface area contributed by atoms with Crippen molar-refractivity contribution in [3.8, 4) is 11.5 Å². The van der Waals surface area contributed by atoms with E-state index in [4.69, 9.17) is 22.2 Å². The largest absolute Gasteiger partial charge is 1.00 e. The Hall–Kier alpha value is -3.59. The van der Waals surface area contributed by atoms with Crippen molar-refractivity contribution in [1.82, 2.24) is 20.1 Å². The number of benzene rings is 1.